The van der Waals surface area contributed by atoms with Crippen LogP contribution in [0, 0.1) is 0 Å². The minimum Gasteiger partial charge on any atom is -0.495 e. The second-order valence-corrected chi connectivity index (χ2v) is 4.59. The van der Waals surface area contributed by atoms with Crippen molar-refractivity contribution in [3.05, 3.63) is 18.2 Å². The maximum atomic E-state index is 5.82. The fourth-order valence-corrected chi connectivity index (χ4v) is 2.29. The minimum atomic E-state index is 0.252. The van der Waals surface area contributed by atoms with Gasteiger partial charge in [-0.05, 0) is 26.0 Å². The Kier molecular flexibility index (Phi) is 3.43. The first kappa shape index (κ1) is 12.0. The molecule has 1 fully saturated rings. The third-order valence-corrected chi connectivity index (χ3v) is 3.00. The predicted octanol–water partition coefficient (Wildman–Crippen LogP) is 1.89. The van der Waals surface area contributed by atoms with Crippen LogP contribution in [0.1, 0.15) is 13.8 Å². The Balaban J connectivity index is 2.21. The molecule has 0 saturated carbocycles. The summed E-state index contributed by atoms with van der Waals surface area (Å²) in [6, 6.07) is 5.90. The number of nitrogen functional groups attached to an aromatic ring is 1. The molecule has 94 valence electrons. The molecule has 0 aromatic heterocycles. The lowest BCUT2D eigenvalue weighted by atomic mass is 10.2. The molecule has 1 heterocycles. The summed E-state index contributed by atoms with van der Waals surface area (Å²) in [5.74, 6) is 0.731. The van der Waals surface area contributed by atoms with Gasteiger partial charge in [-0.3, -0.25) is 0 Å². The van der Waals surface area contributed by atoms with Crippen molar-refractivity contribution in [3.8, 4) is 5.75 Å². The van der Waals surface area contributed by atoms with E-state index in [1.165, 1.54) is 0 Å². The Morgan fingerprint density at radius 2 is 1.94 bits per heavy atom. The number of morpholine rings is 1. The molecule has 0 unspecified atom stereocenters. The van der Waals surface area contributed by atoms with Crippen molar-refractivity contribution < 1.29 is 9.47 Å². The monoisotopic (exact) mass is 236 g/mol. The van der Waals surface area contributed by atoms with Gasteiger partial charge in [-0.2, -0.15) is 0 Å². The molecular formula is C13H20N2O2. The Labute approximate surface area is 102 Å². The van der Waals surface area contributed by atoms with Crippen LogP contribution in [0.3, 0.4) is 0 Å². The van der Waals surface area contributed by atoms with Crippen LogP contribution < -0.4 is 15.4 Å². The summed E-state index contributed by atoms with van der Waals surface area (Å²) >= 11 is 0. The topological polar surface area (TPSA) is 47.7 Å². The van der Waals surface area contributed by atoms with Crippen LogP contribution >= 0.6 is 0 Å². The van der Waals surface area contributed by atoms with E-state index in [0.29, 0.717) is 5.69 Å². The summed E-state index contributed by atoms with van der Waals surface area (Å²) in [4.78, 5) is 2.31. The number of benzene rings is 1. The Morgan fingerprint density at radius 3 is 2.53 bits per heavy atom. The lowest BCUT2D eigenvalue weighted by Gasteiger charge is -2.37. The van der Waals surface area contributed by atoms with Gasteiger partial charge in [-0.15, -0.1) is 0 Å². The predicted molar refractivity (Wildman–Crippen MR) is 69.6 cm³/mol. The van der Waals surface area contributed by atoms with Crippen LogP contribution in [-0.4, -0.2) is 32.4 Å². The Morgan fingerprint density at radius 1 is 1.29 bits per heavy atom. The maximum absolute atomic E-state index is 5.82. The van der Waals surface area contributed by atoms with Crippen LogP contribution in [0.4, 0.5) is 11.4 Å². The first-order chi connectivity index (χ1) is 8.10. The summed E-state index contributed by atoms with van der Waals surface area (Å²) in [5, 5.41) is 0. The first-order valence-corrected chi connectivity index (χ1v) is 5.94. The molecule has 4 nitrogen and oxygen atoms in total. The molecule has 4 heteroatoms. The number of ether oxygens (including phenoxy) is 2. The van der Waals surface area contributed by atoms with Gasteiger partial charge in [0.15, 0.2) is 0 Å². The van der Waals surface area contributed by atoms with Gasteiger partial charge in [0.1, 0.15) is 5.75 Å². The van der Waals surface area contributed by atoms with E-state index in [-0.39, 0.29) is 12.2 Å². The van der Waals surface area contributed by atoms with E-state index in [1.54, 1.807) is 7.11 Å². The molecular weight excluding hydrogens is 216 g/mol. The average Bonchev–Trinajstić information content (AvgIpc) is 2.28. The maximum Gasteiger partial charge on any atom is 0.143 e. The lowest BCUT2D eigenvalue weighted by Crippen LogP contribution is -2.45. The molecule has 1 aliphatic rings. The highest BCUT2D eigenvalue weighted by molar-refractivity contribution is 5.62. The van der Waals surface area contributed by atoms with Crippen molar-refractivity contribution in [2.75, 3.05) is 30.8 Å². The largest absolute Gasteiger partial charge is 0.495 e. The van der Waals surface area contributed by atoms with Gasteiger partial charge in [0.25, 0.3) is 0 Å². The number of nitrogens with zero attached hydrogens (tertiary/aromatic N) is 1. The van der Waals surface area contributed by atoms with E-state index in [9.17, 15) is 0 Å². The quantitative estimate of drug-likeness (QED) is 0.797. The third kappa shape index (κ3) is 2.64. The SMILES string of the molecule is COc1cc(N2C[C@@H](C)O[C@H](C)C2)ccc1N. The van der Waals surface area contributed by atoms with Gasteiger partial charge in [0, 0.05) is 24.8 Å². The van der Waals surface area contributed by atoms with Crippen LogP contribution in [0.2, 0.25) is 0 Å². The van der Waals surface area contributed by atoms with E-state index in [2.05, 4.69) is 18.7 Å². The highest BCUT2D eigenvalue weighted by atomic mass is 16.5. The summed E-state index contributed by atoms with van der Waals surface area (Å²) in [5.41, 5.74) is 7.62. The van der Waals surface area contributed by atoms with Gasteiger partial charge in [0.2, 0.25) is 0 Å². The number of methoxy groups -OCH3 is 1. The molecule has 17 heavy (non-hydrogen) atoms. The number of nitrogens with two attached hydrogens (primary N) is 1. The molecule has 1 aromatic rings. The van der Waals surface area contributed by atoms with Crippen LogP contribution in [0.15, 0.2) is 18.2 Å². The van der Waals surface area contributed by atoms with Crippen molar-refractivity contribution in [1.82, 2.24) is 0 Å². The van der Waals surface area contributed by atoms with Crippen LogP contribution in [0.5, 0.6) is 5.75 Å². The van der Waals surface area contributed by atoms with Crippen LogP contribution in [0.25, 0.3) is 0 Å². The van der Waals surface area contributed by atoms with Gasteiger partial charge in [-0.25, -0.2) is 0 Å². The molecule has 0 spiro atoms. The molecule has 2 N–H and O–H groups in total. The lowest BCUT2D eigenvalue weighted by molar-refractivity contribution is -0.00522. The summed E-state index contributed by atoms with van der Waals surface area (Å²) in [6.45, 7) is 5.99. The van der Waals surface area contributed by atoms with E-state index in [0.717, 1.165) is 24.5 Å². The highest BCUT2D eigenvalue weighted by Gasteiger charge is 2.22. The fourth-order valence-electron chi connectivity index (χ4n) is 2.29. The molecule has 2 atom stereocenters. The zero-order chi connectivity index (χ0) is 12.4. The first-order valence-electron chi connectivity index (χ1n) is 5.94. The molecule has 1 aromatic carbocycles. The van der Waals surface area contributed by atoms with E-state index >= 15 is 0 Å². The number of hydrogen-bond acceptors (Lipinski definition) is 4. The molecule has 0 aliphatic carbocycles. The highest BCUT2D eigenvalue weighted by Crippen LogP contribution is 2.29. The van der Waals surface area contributed by atoms with E-state index < -0.39 is 0 Å². The van der Waals surface area contributed by atoms with Crippen LogP contribution in [-0.2, 0) is 4.74 Å². The zero-order valence-electron chi connectivity index (χ0n) is 10.6. The molecule has 0 radical (unpaired) electrons. The van der Waals surface area contributed by atoms with Crippen molar-refractivity contribution in [2.24, 2.45) is 0 Å². The molecule has 0 bridgehead atoms. The van der Waals surface area contributed by atoms with Crippen molar-refractivity contribution >= 4 is 11.4 Å². The Bertz CT molecular complexity index is 385. The summed E-state index contributed by atoms with van der Waals surface area (Å²) < 4.78 is 11.0. The van der Waals surface area contributed by atoms with E-state index in [4.69, 9.17) is 15.2 Å². The second kappa shape index (κ2) is 4.84. The zero-order valence-corrected chi connectivity index (χ0v) is 10.6. The van der Waals surface area contributed by atoms with Gasteiger partial charge >= 0.3 is 0 Å². The summed E-state index contributed by atoms with van der Waals surface area (Å²) in [7, 11) is 1.64. The fraction of sp³-hybridized carbons (Fsp3) is 0.538. The molecule has 2 rings (SSSR count). The number of anilines is 2. The molecule has 0 amide bonds. The Hall–Kier alpha value is -1.42. The van der Waals surface area contributed by atoms with Crippen molar-refractivity contribution in [2.45, 2.75) is 26.1 Å². The van der Waals surface area contributed by atoms with Crippen molar-refractivity contribution in [3.63, 3.8) is 0 Å². The summed E-state index contributed by atoms with van der Waals surface area (Å²) in [6.07, 6.45) is 0.504. The number of rotatable bonds is 2. The standard InChI is InChI=1S/C13H20N2O2/c1-9-7-15(8-10(2)17-9)11-4-5-12(14)13(6-11)16-3/h4-6,9-10H,7-8,14H2,1-3H3/t9-,10-/m1/s1. The smallest absolute Gasteiger partial charge is 0.143 e. The minimum absolute atomic E-state index is 0.252. The normalized spacial score (nSPS) is 24.8. The molecule has 1 saturated heterocycles. The van der Waals surface area contributed by atoms with Gasteiger partial charge in [0.05, 0.1) is 25.0 Å². The average molecular weight is 236 g/mol. The number of hydrogen-bond donors (Lipinski definition) is 1. The van der Waals surface area contributed by atoms with Crippen molar-refractivity contribution in [1.29, 1.82) is 0 Å². The van der Waals surface area contributed by atoms with Gasteiger partial charge in [-0.1, -0.05) is 0 Å². The second-order valence-electron chi connectivity index (χ2n) is 4.59. The van der Waals surface area contributed by atoms with Gasteiger partial charge < -0.3 is 20.1 Å². The molecule has 1 aliphatic heterocycles. The van der Waals surface area contributed by atoms with E-state index in [1.807, 2.05) is 18.2 Å². The third-order valence-electron chi connectivity index (χ3n) is 3.00.